The second-order valence-corrected chi connectivity index (χ2v) is 5.64. The number of aromatic nitrogens is 2. The highest BCUT2D eigenvalue weighted by Gasteiger charge is 2.30. The Hall–Kier alpha value is -1.65. The molecular weight excluding hydrogens is 325 g/mol. The number of hydrogen-bond acceptors (Lipinski definition) is 6. The molecule has 0 saturated heterocycles. The van der Waals surface area contributed by atoms with Crippen LogP contribution in [-0.2, 0) is 11.9 Å². The van der Waals surface area contributed by atoms with Crippen molar-refractivity contribution in [3.05, 3.63) is 40.0 Å². The van der Waals surface area contributed by atoms with Gasteiger partial charge in [-0.3, -0.25) is 10.2 Å². The summed E-state index contributed by atoms with van der Waals surface area (Å²) in [6.07, 6.45) is -3.60. The van der Waals surface area contributed by atoms with E-state index in [9.17, 15) is 18.0 Å². The van der Waals surface area contributed by atoms with Crippen molar-refractivity contribution < 1.29 is 18.0 Å². The maximum atomic E-state index is 12.4. The van der Waals surface area contributed by atoms with Gasteiger partial charge in [0.25, 0.3) is 5.91 Å². The van der Waals surface area contributed by atoms with Gasteiger partial charge >= 0.3 is 6.18 Å². The predicted octanol–water partition coefficient (Wildman–Crippen LogP) is 2.45. The highest BCUT2D eigenvalue weighted by Crippen LogP contribution is 2.30. The molecule has 10 heteroatoms. The first-order valence-electron chi connectivity index (χ1n) is 5.51. The van der Waals surface area contributed by atoms with Crippen molar-refractivity contribution in [1.82, 2.24) is 15.4 Å². The Morgan fingerprint density at radius 2 is 2.19 bits per heavy atom. The van der Waals surface area contributed by atoms with Crippen molar-refractivity contribution in [3.63, 3.8) is 0 Å². The smallest absolute Gasteiger partial charge is 0.288 e. The standard InChI is InChI=1S/C11H9F3N4OS2/c12-11(13,14)6-1-2-8(16-3-6)20-4-7-5-21-10(17-7)9(19)18-15/h1-3,5H,4,15H2,(H,18,19). The zero-order chi connectivity index (χ0) is 15.5. The molecule has 0 aliphatic heterocycles. The van der Waals surface area contributed by atoms with Crippen LogP contribution in [-0.4, -0.2) is 15.9 Å². The number of carbonyl (C=O) groups excluding carboxylic acids is 1. The molecule has 21 heavy (non-hydrogen) atoms. The number of nitrogens with two attached hydrogens (primary N) is 1. The number of amides is 1. The number of alkyl halides is 3. The molecule has 112 valence electrons. The van der Waals surface area contributed by atoms with E-state index >= 15 is 0 Å². The number of halogens is 3. The Kier molecular flexibility index (Phi) is 4.80. The zero-order valence-electron chi connectivity index (χ0n) is 10.3. The Morgan fingerprint density at radius 1 is 1.43 bits per heavy atom. The van der Waals surface area contributed by atoms with Gasteiger partial charge in [-0.05, 0) is 12.1 Å². The summed E-state index contributed by atoms with van der Waals surface area (Å²) in [4.78, 5) is 19.0. The molecule has 0 radical (unpaired) electrons. The number of nitrogens with zero attached hydrogens (tertiary/aromatic N) is 2. The highest BCUT2D eigenvalue weighted by molar-refractivity contribution is 7.98. The number of hydrazine groups is 1. The average Bonchev–Trinajstić information content (AvgIpc) is 2.92. The van der Waals surface area contributed by atoms with Gasteiger partial charge in [-0.2, -0.15) is 13.2 Å². The molecule has 0 aliphatic carbocycles. The van der Waals surface area contributed by atoms with Crippen molar-refractivity contribution in [2.75, 3.05) is 0 Å². The number of carbonyl (C=O) groups is 1. The SMILES string of the molecule is NNC(=O)c1nc(CSc2ccc(C(F)(F)F)cn2)cs1. The lowest BCUT2D eigenvalue weighted by Gasteiger charge is -2.06. The van der Waals surface area contributed by atoms with Crippen molar-refractivity contribution in [1.29, 1.82) is 0 Å². The lowest BCUT2D eigenvalue weighted by Crippen LogP contribution is -2.29. The normalized spacial score (nSPS) is 11.4. The molecule has 0 spiro atoms. The average molecular weight is 334 g/mol. The molecular formula is C11H9F3N4OS2. The van der Waals surface area contributed by atoms with Gasteiger partial charge in [0.15, 0.2) is 5.01 Å². The Balaban J connectivity index is 1.97. The van der Waals surface area contributed by atoms with Crippen LogP contribution in [0, 0.1) is 0 Å². The van der Waals surface area contributed by atoms with E-state index in [4.69, 9.17) is 5.84 Å². The van der Waals surface area contributed by atoms with Gasteiger partial charge in [0.1, 0.15) is 0 Å². The van der Waals surface area contributed by atoms with Crippen molar-refractivity contribution in [2.24, 2.45) is 5.84 Å². The quantitative estimate of drug-likeness (QED) is 0.388. The molecule has 0 aromatic carbocycles. The summed E-state index contributed by atoms with van der Waals surface area (Å²) in [6.45, 7) is 0. The topological polar surface area (TPSA) is 80.9 Å². The molecule has 0 aliphatic rings. The number of thiazole rings is 1. The van der Waals surface area contributed by atoms with E-state index in [2.05, 4.69) is 9.97 Å². The molecule has 0 fully saturated rings. The van der Waals surface area contributed by atoms with E-state index in [1.807, 2.05) is 5.43 Å². The van der Waals surface area contributed by atoms with Gasteiger partial charge in [-0.25, -0.2) is 15.8 Å². The molecule has 0 bridgehead atoms. The summed E-state index contributed by atoms with van der Waals surface area (Å²) in [5.74, 6) is 4.90. The van der Waals surface area contributed by atoms with E-state index < -0.39 is 17.6 Å². The Morgan fingerprint density at radius 3 is 2.76 bits per heavy atom. The van der Waals surface area contributed by atoms with Crippen LogP contribution in [0.5, 0.6) is 0 Å². The number of nitrogen functional groups attached to an aromatic ring is 1. The van der Waals surface area contributed by atoms with Gasteiger partial charge in [-0.15, -0.1) is 23.1 Å². The summed E-state index contributed by atoms with van der Waals surface area (Å²) in [5.41, 5.74) is 1.81. The lowest BCUT2D eigenvalue weighted by molar-refractivity contribution is -0.137. The van der Waals surface area contributed by atoms with Crippen molar-refractivity contribution in [2.45, 2.75) is 17.0 Å². The maximum Gasteiger partial charge on any atom is 0.417 e. The number of thioether (sulfide) groups is 1. The second kappa shape index (κ2) is 6.41. The molecule has 3 N–H and O–H groups in total. The maximum absolute atomic E-state index is 12.4. The second-order valence-electron chi connectivity index (χ2n) is 3.79. The summed E-state index contributed by atoms with van der Waals surface area (Å²) in [6, 6.07) is 2.27. The third kappa shape index (κ3) is 4.16. The zero-order valence-corrected chi connectivity index (χ0v) is 12.0. The highest BCUT2D eigenvalue weighted by atomic mass is 32.2. The summed E-state index contributed by atoms with van der Waals surface area (Å²) in [5, 5.41) is 2.36. The van der Waals surface area contributed by atoms with Gasteiger partial charge in [0.05, 0.1) is 16.3 Å². The van der Waals surface area contributed by atoms with Crippen LogP contribution < -0.4 is 11.3 Å². The van der Waals surface area contributed by atoms with E-state index in [1.165, 1.54) is 17.8 Å². The van der Waals surface area contributed by atoms with Crippen molar-refractivity contribution in [3.8, 4) is 0 Å². The van der Waals surface area contributed by atoms with Crippen molar-refractivity contribution >= 4 is 29.0 Å². The van der Waals surface area contributed by atoms with Crippen LogP contribution in [0.15, 0.2) is 28.7 Å². The fourth-order valence-electron chi connectivity index (χ4n) is 1.32. The third-order valence-corrected chi connectivity index (χ3v) is 4.18. The minimum atomic E-state index is -4.39. The first kappa shape index (κ1) is 15.7. The van der Waals surface area contributed by atoms with Crippen LogP contribution >= 0.6 is 23.1 Å². The largest absolute Gasteiger partial charge is 0.417 e. The fourth-order valence-corrected chi connectivity index (χ4v) is 2.88. The third-order valence-electron chi connectivity index (χ3n) is 2.31. The van der Waals surface area contributed by atoms with Crippen LogP contribution in [0.2, 0.25) is 0 Å². The van der Waals surface area contributed by atoms with Crippen LogP contribution in [0.1, 0.15) is 21.1 Å². The monoisotopic (exact) mass is 334 g/mol. The molecule has 0 saturated carbocycles. The van der Waals surface area contributed by atoms with Crippen LogP contribution in [0.3, 0.4) is 0 Å². The number of hydrogen-bond donors (Lipinski definition) is 2. The summed E-state index contributed by atoms with van der Waals surface area (Å²) in [7, 11) is 0. The van der Waals surface area contributed by atoms with Gasteiger partial charge in [-0.1, -0.05) is 0 Å². The van der Waals surface area contributed by atoms with Crippen LogP contribution in [0.4, 0.5) is 13.2 Å². The van der Waals surface area contributed by atoms with Crippen LogP contribution in [0.25, 0.3) is 0 Å². The number of nitrogens with one attached hydrogen (secondary N) is 1. The van der Waals surface area contributed by atoms with E-state index in [0.29, 0.717) is 16.5 Å². The summed E-state index contributed by atoms with van der Waals surface area (Å²) >= 11 is 2.37. The molecule has 5 nitrogen and oxygen atoms in total. The molecule has 0 atom stereocenters. The van der Waals surface area contributed by atoms with E-state index in [0.717, 1.165) is 23.6 Å². The fraction of sp³-hybridized carbons (Fsp3) is 0.182. The van der Waals surface area contributed by atoms with Gasteiger partial charge < -0.3 is 0 Å². The molecule has 2 rings (SSSR count). The molecule has 0 unspecified atom stereocenters. The number of pyridine rings is 1. The molecule has 1 amide bonds. The predicted molar refractivity (Wildman–Crippen MR) is 72.6 cm³/mol. The first-order valence-corrected chi connectivity index (χ1v) is 7.38. The minimum absolute atomic E-state index is 0.230. The van der Waals surface area contributed by atoms with Gasteiger partial charge in [0, 0.05) is 17.3 Å². The molecule has 2 aromatic heterocycles. The molecule has 2 aromatic rings. The van der Waals surface area contributed by atoms with E-state index in [1.54, 1.807) is 5.38 Å². The minimum Gasteiger partial charge on any atom is -0.288 e. The first-order chi connectivity index (χ1) is 9.90. The number of rotatable bonds is 4. The van der Waals surface area contributed by atoms with Gasteiger partial charge in [0.2, 0.25) is 0 Å². The van der Waals surface area contributed by atoms with E-state index in [-0.39, 0.29) is 5.01 Å². The Bertz CT molecular complexity index is 627. The lowest BCUT2D eigenvalue weighted by atomic mass is 10.3. The molecule has 2 heterocycles. The summed E-state index contributed by atoms with van der Waals surface area (Å²) < 4.78 is 37.1. The Labute approximate surface area is 125 Å².